The molecule has 0 unspecified atom stereocenters. The molecule has 0 saturated carbocycles. The van der Waals surface area contributed by atoms with Crippen molar-refractivity contribution in [1.29, 1.82) is 0 Å². The van der Waals surface area contributed by atoms with Gasteiger partial charge >= 0.3 is 0 Å². The standard InChI is InChI=1S/C18H19ClN2/c1-4-5-17-20-18-12(2)10-14(11-16(18)21(17)3)13-6-8-15(19)9-7-13/h6-11H,4-5H2,1-3H3. The summed E-state index contributed by atoms with van der Waals surface area (Å²) in [5.41, 5.74) is 5.92. The summed E-state index contributed by atoms with van der Waals surface area (Å²) in [5.74, 6) is 1.16. The van der Waals surface area contributed by atoms with Crippen LogP contribution in [0.1, 0.15) is 24.7 Å². The van der Waals surface area contributed by atoms with Crippen molar-refractivity contribution in [3.63, 3.8) is 0 Å². The second kappa shape index (κ2) is 5.53. The largest absolute Gasteiger partial charge is 0.331 e. The van der Waals surface area contributed by atoms with E-state index in [0.29, 0.717) is 0 Å². The molecular formula is C18H19ClN2. The van der Waals surface area contributed by atoms with E-state index in [2.05, 4.69) is 49.7 Å². The van der Waals surface area contributed by atoms with Gasteiger partial charge in [0.05, 0.1) is 11.0 Å². The third-order valence-corrected chi connectivity index (χ3v) is 4.17. The number of aryl methyl sites for hydroxylation is 3. The highest BCUT2D eigenvalue weighted by atomic mass is 35.5. The summed E-state index contributed by atoms with van der Waals surface area (Å²) >= 11 is 5.97. The van der Waals surface area contributed by atoms with Gasteiger partial charge < -0.3 is 4.57 Å². The molecule has 0 aliphatic heterocycles. The van der Waals surface area contributed by atoms with Crippen molar-refractivity contribution in [3.05, 3.63) is 52.8 Å². The van der Waals surface area contributed by atoms with Crippen molar-refractivity contribution in [2.75, 3.05) is 0 Å². The molecule has 21 heavy (non-hydrogen) atoms. The van der Waals surface area contributed by atoms with E-state index in [-0.39, 0.29) is 0 Å². The molecule has 0 spiro atoms. The minimum Gasteiger partial charge on any atom is -0.331 e. The predicted molar refractivity (Wildman–Crippen MR) is 89.9 cm³/mol. The Balaban J connectivity index is 2.17. The Hall–Kier alpha value is -1.80. The number of rotatable bonds is 3. The van der Waals surface area contributed by atoms with E-state index in [0.717, 1.165) is 29.2 Å². The van der Waals surface area contributed by atoms with E-state index in [4.69, 9.17) is 16.6 Å². The number of hydrogen-bond donors (Lipinski definition) is 0. The summed E-state index contributed by atoms with van der Waals surface area (Å²) in [5, 5.41) is 0.766. The van der Waals surface area contributed by atoms with Crippen LogP contribution in [0.25, 0.3) is 22.2 Å². The lowest BCUT2D eigenvalue weighted by molar-refractivity contribution is 0.773. The molecule has 0 bridgehead atoms. The van der Waals surface area contributed by atoms with Crippen LogP contribution in [-0.4, -0.2) is 9.55 Å². The Morgan fingerprint density at radius 2 is 1.81 bits per heavy atom. The van der Waals surface area contributed by atoms with Crippen LogP contribution in [-0.2, 0) is 13.5 Å². The summed E-state index contributed by atoms with van der Waals surface area (Å²) in [7, 11) is 2.10. The number of aromatic nitrogens is 2. The first kappa shape index (κ1) is 14.2. The van der Waals surface area contributed by atoms with Gasteiger partial charge in [-0.15, -0.1) is 0 Å². The molecule has 0 amide bonds. The van der Waals surface area contributed by atoms with Crippen LogP contribution in [0.2, 0.25) is 5.02 Å². The van der Waals surface area contributed by atoms with Crippen LogP contribution in [0.4, 0.5) is 0 Å². The summed E-state index contributed by atoms with van der Waals surface area (Å²) in [4.78, 5) is 4.79. The second-order valence-corrected chi connectivity index (χ2v) is 5.94. The first-order valence-electron chi connectivity index (χ1n) is 7.32. The minimum atomic E-state index is 0.766. The fourth-order valence-corrected chi connectivity index (χ4v) is 2.89. The first-order valence-corrected chi connectivity index (χ1v) is 7.70. The predicted octanol–water partition coefficient (Wildman–Crippen LogP) is 5.15. The fourth-order valence-electron chi connectivity index (χ4n) is 2.76. The Morgan fingerprint density at radius 3 is 2.48 bits per heavy atom. The van der Waals surface area contributed by atoms with E-state index in [9.17, 15) is 0 Å². The molecule has 0 radical (unpaired) electrons. The zero-order valence-electron chi connectivity index (χ0n) is 12.7. The molecule has 1 aromatic heterocycles. The van der Waals surface area contributed by atoms with Crippen LogP contribution < -0.4 is 0 Å². The molecule has 0 N–H and O–H groups in total. The molecule has 0 aliphatic carbocycles. The summed E-state index contributed by atoms with van der Waals surface area (Å²) in [6.45, 7) is 4.32. The maximum Gasteiger partial charge on any atom is 0.109 e. The average Bonchev–Trinajstić information content (AvgIpc) is 2.78. The molecule has 3 heteroatoms. The van der Waals surface area contributed by atoms with Crippen LogP contribution in [0.5, 0.6) is 0 Å². The summed E-state index contributed by atoms with van der Waals surface area (Å²) < 4.78 is 2.21. The van der Waals surface area contributed by atoms with Crippen LogP contribution in [0.3, 0.4) is 0 Å². The van der Waals surface area contributed by atoms with Crippen molar-refractivity contribution in [3.8, 4) is 11.1 Å². The number of imidazole rings is 1. The lowest BCUT2D eigenvalue weighted by atomic mass is 10.0. The van der Waals surface area contributed by atoms with Gasteiger partial charge in [-0.1, -0.05) is 30.7 Å². The van der Waals surface area contributed by atoms with Gasteiger partial charge in [0, 0.05) is 18.5 Å². The van der Waals surface area contributed by atoms with Crippen LogP contribution in [0, 0.1) is 6.92 Å². The van der Waals surface area contributed by atoms with Gasteiger partial charge in [-0.05, 0) is 54.3 Å². The normalized spacial score (nSPS) is 11.2. The number of nitrogens with zero attached hydrogens (tertiary/aromatic N) is 2. The smallest absolute Gasteiger partial charge is 0.109 e. The number of hydrogen-bond acceptors (Lipinski definition) is 1. The topological polar surface area (TPSA) is 17.8 Å². The van der Waals surface area contributed by atoms with Gasteiger partial charge in [-0.2, -0.15) is 0 Å². The summed E-state index contributed by atoms with van der Waals surface area (Å²) in [6, 6.07) is 12.4. The highest BCUT2D eigenvalue weighted by Crippen LogP contribution is 2.28. The van der Waals surface area contributed by atoms with E-state index in [1.165, 1.54) is 22.2 Å². The quantitative estimate of drug-likeness (QED) is 0.653. The Bertz CT molecular complexity index is 785. The molecule has 1 heterocycles. The third kappa shape index (κ3) is 2.56. The van der Waals surface area contributed by atoms with Crippen molar-refractivity contribution in [2.24, 2.45) is 7.05 Å². The van der Waals surface area contributed by atoms with E-state index >= 15 is 0 Å². The molecular weight excluding hydrogens is 280 g/mol. The highest BCUT2D eigenvalue weighted by molar-refractivity contribution is 6.30. The van der Waals surface area contributed by atoms with Gasteiger partial charge in [0.15, 0.2) is 0 Å². The first-order chi connectivity index (χ1) is 10.1. The van der Waals surface area contributed by atoms with Crippen molar-refractivity contribution >= 4 is 22.6 Å². The van der Waals surface area contributed by atoms with Gasteiger partial charge in [0.25, 0.3) is 0 Å². The van der Waals surface area contributed by atoms with Crippen molar-refractivity contribution < 1.29 is 0 Å². The Morgan fingerprint density at radius 1 is 1.10 bits per heavy atom. The van der Waals surface area contributed by atoms with Crippen molar-refractivity contribution in [2.45, 2.75) is 26.7 Å². The Kier molecular flexibility index (Phi) is 3.73. The average molecular weight is 299 g/mol. The molecule has 3 rings (SSSR count). The maximum atomic E-state index is 5.97. The molecule has 2 aromatic carbocycles. The lowest BCUT2D eigenvalue weighted by Gasteiger charge is -2.06. The number of benzene rings is 2. The van der Waals surface area contributed by atoms with Gasteiger partial charge in [-0.25, -0.2) is 4.98 Å². The molecule has 0 atom stereocenters. The molecule has 108 valence electrons. The van der Waals surface area contributed by atoms with Gasteiger partial charge in [-0.3, -0.25) is 0 Å². The SMILES string of the molecule is CCCc1nc2c(C)cc(-c3ccc(Cl)cc3)cc2n1C. The number of halogens is 1. The van der Waals surface area contributed by atoms with E-state index in [1.807, 2.05) is 12.1 Å². The van der Waals surface area contributed by atoms with Gasteiger partial charge in [0.2, 0.25) is 0 Å². The van der Waals surface area contributed by atoms with E-state index < -0.39 is 0 Å². The number of fused-ring (bicyclic) bond motifs is 1. The highest BCUT2D eigenvalue weighted by Gasteiger charge is 2.11. The maximum absolute atomic E-state index is 5.97. The molecule has 0 saturated heterocycles. The third-order valence-electron chi connectivity index (χ3n) is 3.92. The molecule has 0 fully saturated rings. The lowest BCUT2D eigenvalue weighted by Crippen LogP contribution is -1.96. The molecule has 3 aromatic rings. The summed E-state index contributed by atoms with van der Waals surface area (Å²) in [6.07, 6.45) is 2.13. The minimum absolute atomic E-state index is 0.766. The van der Waals surface area contributed by atoms with Crippen LogP contribution in [0.15, 0.2) is 36.4 Å². The van der Waals surface area contributed by atoms with Crippen molar-refractivity contribution in [1.82, 2.24) is 9.55 Å². The van der Waals surface area contributed by atoms with Gasteiger partial charge in [0.1, 0.15) is 5.82 Å². The molecule has 0 aliphatic rings. The Labute approximate surface area is 130 Å². The van der Waals surface area contributed by atoms with E-state index in [1.54, 1.807) is 0 Å². The zero-order valence-corrected chi connectivity index (χ0v) is 13.4. The zero-order chi connectivity index (χ0) is 15.0. The van der Waals surface area contributed by atoms with Crippen LogP contribution >= 0.6 is 11.6 Å². The fraction of sp³-hybridized carbons (Fsp3) is 0.278. The second-order valence-electron chi connectivity index (χ2n) is 5.50. The monoisotopic (exact) mass is 298 g/mol. The molecule has 2 nitrogen and oxygen atoms in total.